The highest BCUT2D eigenvalue weighted by Crippen LogP contribution is 2.40. The lowest BCUT2D eigenvalue weighted by Crippen LogP contribution is -2.56. The molecule has 1 aliphatic rings. The number of aryl methyl sites for hydroxylation is 4. The Bertz CT molecular complexity index is 1530. The molecule has 0 N–H and O–H groups in total. The standard InChI is InChI=1S/C29H25BNOS/c1-18-15-16-21-27(25(18)23-13-7-8-17-31(23)4)32-29-28(21)33-24-14-6-5-12-22(24)30(29)26-19(2)10-9-11-20(26)3/h5-17H,1-4H3/q+1. The second-order valence-electron chi connectivity index (χ2n) is 9.00. The predicted molar refractivity (Wildman–Crippen MR) is 139 cm³/mol. The van der Waals surface area contributed by atoms with Crippen molar-refractivity contribution in [3.05, 3.63) is 95.7 Å². The first-order valence-electron chi connectivity index (χ1n) is 11.4. The van der Waals surface area contributed by atoms with Gasteiger partial charge in [-0.25, -0.2) is 4.57 Å². The van der Waals surface area contributed by atoms with Crippen molar-refractivity contribution in [2.45, 2.75) is 30.6 Å². The number of fused-ring (bicyclic) bond motifs is 4. The van der Waals surface area contributed by atoms with E-state index in [1.807, 2.05) is 11.8 Å². The normalized spacial score (nSPS) is 12.7. The molecule has 0 unspecified atom stereocenters. The van der Waals surface area contributed by atoms with E-state index in [9.17, 15) is 0 Å². The molecule has 2 nitrogen and oxygen atoms in total. The van der Waals surface area contributed by atoms with Gasteiger partial charge in [-0.1, -0.05) is 76.3 Å². The van der Waals surface area contributed by atoms with Gasteiger partial charge in [0.2, 0.25) is 5.69 Å². The molecule has 0 saturated heterocycles. The highest BCUT2D eigenvalue weighted by molar-refractivity contribution is 8.00. The maximum atomic E-state index is 6.91. The number of rotatable bonds is 2. The van der Waals surface area contributed by atoms with Crippen LogP contribution in [0.4, 0.5) is 0 Å². The number of pyridine rings is 1. The molecule has 0 spiro atoms. The summed E-state index contributed by atoms with van der Waals surface area (Å²) in [6.07, 6.45) is 2.10. The van der Waals surface area contributed by atoms with Gasteiger partial charge in [0.1, 0.15) is 12.6 Å². The summed E-state index contributed by atoms with van der Waals surface area (Å²) in [7, 11) is 2.10. The first-order valence-corrected chi connectivity index (χ1v) is 12.2. The Morgan fingerprint density at radius 3 is 2.33 bits per heavy atom. The molecule has 3 aromatic carbocycles. The Labute approximate surface area is 199 Å². The lowest BCUT2D eigenvalue weighted by Gasteiger charge is -2.24. The van der Waals surface area contributed by atoms with Gasteiger partial charge < -0.3 is 4.42 Å². The van der Waals surface area contributed by atoms with Crippen LogP contribution >= 0.6 is 11.8 Å². The van der Waals surface area contributed by atoms with Crippen LogP contribution in [0, 0.1) is 20.8 Å². The maximum absolute atomic E-state index is 6.91. The number of aromatic nitrogens is 1. The molecule has 1 aliphatic heterocycles. The zero-order valence-electron chi connectivity index (χ0n) is 19.3. The van der Waals surface area contributed by atoms with Crippen molar-refractivity contribution in [3.8, 4) is 11.3 Å². The number of benzene rings is 3. The molecule has 33 heavy (non-hydrogen) atoms. The summed E-state index contributed by atoms with van der Waals surface area (Å²) >= 11 is 1.84. The Morgan fingerprint density at radius 2 is 1.55 bits per heavy atom. The van der Waals surface area contributed by atoms with Crippen LogP contribution in [0.25, 0.3) is 22.2 Å². The van der Waals surface area contributed by atoms with Crippen LogP contribution in [0.15, 0.2) is 93.2 Å². The molecule has 0 atom stereocenters. The fraction of sp³-hybridized carbons (Fsp3) is 0.138. The molecule has 160 valence electrons. The van der Waals surface area contributed by atoms with Gasteiger partial charge in [-0.05, 0) is 44.5 Å². The van der Waals surface area contributed by atoms with Gasteiger partial charge >= 0.3 is 0 Å². The molecule has 0 saturated carbocycles. The molecule has 5 aromatic rings. The molecular weight excluding hydrogens is 421 g/mol. The molecular formula is C29H25BNOS+. The molecule has 0 bridgehead atoms. The second kappa shape index (κ2) is 7.67. The van der Waals surface area contributed by atoms with Crippen molar-refractivity contribution in [2.24, 2.45) is 7.05 Å². The van der Waals surface area contributed by atoms with Gasteiger partial charge in [0.25, 0.3) is 6.71 Å². The minimum Gasteiger partial charge on any atom is -0.468 e. The van der Waals surface area contributed by atoms with E-state index in [0.717, 1.165) is 16.9 Å². The van der Waals surface area contributed by atoms with E-state index in [2.05, 4.69) is 111 Å². The van der Waals surface area contributed by atoms with E-state index in [0.29, 0.717) is 0 Å². The fourth-order valence-corrected chi connectivity index (χ4v) is 6.49. The van der Waals surface area contributed by atoms with Crippen molar-refractivity contribution in [1.29, 1.82) is 0 Å². The quantitative estimate of drug-likeness (QED) is 0.280. The van der Waals surface area contributed by atoms with Crippen LogP contribution in [0.5, 0.6) is 0 Å². The van der Waals surface area contributed by atoms with E-state index >= 15 is 0 Å². The van der Waals surface area contributed by atoms with Crippen molar-refractivity contribution < 1.29 is 8.98 Å². The monoisotopic (exact) mass is 446 g/mol. The SMILES string of the molecule is Cc1cccc(C)c1B1c2ccccc2Sc2c1oc1c(-c3cccc[n+]3C)c(C)ccc21. The van der Waals surface area contributed by atoms with E-state index in [1.54, 1.807) is 0 Å². The van der Waals surface area contributed by atoms with Gasteiger partial charge in [0, 0.05) is 22.4 Å². The Balaban J connectivity index is 1.70. The van der Waals surface area contributed by atoms with Crippen LogP contribution in [-0.4, -0.2) is 6.71 Å². The molecule has 0 aliphatic carbocycles. The first kappa shape index (κ1) is 20.4. The summed E-state index contributed by atoms with van der Waals surface area (Å²) in [5.74, 6) is 0. The summed E-state index contributed by atoms with van der Waals surface area (Å²) in [6.45, 7) is 6.70. The highest BCUT2D eigenvalue weighted by atomic mass is 32.2. The smallest absolute Gasteiger partial charge is 0.290 e. The molecule has 3 heterocycles. The van der Waals surface area contributed by atoms with Crippen LogP contribution < -0.4 is 21.2 Å². The molecule has 0 amide bonds. The highest BCUT2D eigenvalue weighted by Gasteiger charge is 2.38. The summed E-state index contributed by atoms with van der Waals surface area (Å²) in [4.78, 5) is 2.56. The van der Waals surface area contributed by atoms with Gasteiger partial charge in [0.15, 0.2) is 6.20 Å². The molecule has 0 radical (unpaired) electrons. The Morgan fingerprint density at radius 1 is 0.788 bits per heavy atom. The Kier molecular flexibility index (Phi) is 4.74. The van der Waals surface area contributed by atoms with E-state index in [4.69, 9.17) is 4.42 Å². The van der Waals surface area contributed by atoms with Crippen LogP contribution in [-0.2, 0) is 7.05 Å². The first-order chi connectivity index (χ1) is 16.0. The average Bonchev–Trinajstić information content (AvgIpc) is 3.17. The molecule has 6 rings (SSSR count). The number of nitrogens with zero attached hydrogens (tertiary/aromatic N) is 1. The zero-order chi connectivity index (χ0) is 22.7. The van der Waals surface area contributed by atoms with E-state index in [1.165, 1.54) is 48.4 Å². The summed E-state index contributed by atoms with van der Waals surface area (Å²) in [5.41, 5.74) is 10.9. The third-order valence-electron chi connectivity index (χ3n) is 6.89. The summed E-state index contributed by atoms with van der Waals surface area (Å²) in [5, 5.41) is 1.20. The lowest BCUT2D eigenvalue weighted by molar-refractivity contribution is -0.660. The average molecular weight is 446 g/mol. The van der Waals surface area contributed by atoms with Crippen LogP contribution in [0.3, 0.4) is 0 Å². The number of hydrogen-bond acceptors (Lipinski definition) is 2. The lowest BCUT2D eigenvalue weighted by atomic mass is 9.37. The largest absolute Gasteiger partial charge is 0.468 e. The van der Waals surface area contributed by atoms with E-state index < -0.39 is 0 Å². The third-order valence-corrected chi connectivity index (χ3v) is 8.11. The van der Waals surface area contributed by atoms with Crippen LogP contribution in [0.1, 0.15) is 16.7 Å². The van der Waals surface area contributed by atoms with Crippen LogP contribution in [0.2, 0.25) is 0 Å². The van der Waals surface area contributed by atoms with E-state index in [-0.39, 0.29) is 6.71 Å². The topological polar surface area (TPSA) is 17.0 Å². The minimum absolute atomic E-state index is 0.0868. The third kappa shape index (κ3) is 3.08. The van der Waals surface area contributed by atoms with Crippen molar-refractivity contribution in [3.63, 3.8) is 0 Å². The van der Waals surface area contributed by atoms with Crippen molar-refractivity contribution in [2.75, 3.05) is 0 Å². The molecule has 4 heteroatoms. The van der Waals surface area contributed by atoms with Gasteiger partial charge in [-0.3, -0.25) is 0 Å². The van der Waals surface area contributed by atoms with Crippen molar-refractivity contribution >= 4 is 46.0 Å². The second-order valence-corrected chi connectivity index (χ2v) is 10.1. The Hall–Kier alpha value is -3.24. The van der Waals surface area contributed by atoms with Crippen molar-refractivity contribution in [1.82, 2.24) is 0 Å². The maximum Gasteiger partial charge on any atom is 0.290 e. The molecule has 2 aromatic heterocycles. The fourth-order valence-electron chi connectivity index (χ4n) is 5.28. The minimum atomic E-state index is 0.0868. The summed E-state index contributed by atoms with van der Waals surface area (Å²) in [6, 6.07) is 26.2. The summed E-state index contributed by atoms with van der Waals surface area (Å²) < 4.78 is 9.09. The zero-order valence-corrected chi connectivity index (χ0v) is 20.2. The number of furan rings is 1. The van der Waals surface area contributed by atoms with Gasteiger partial charge in [0.05, 0.1) is 16.1 Å². The predicted octanol–water partition coefficient (Wildman–Crippen LogP) is 4.83. The van der Waals surface area contributed by atoms with Gasteiger partial charge in [-0.2, -0.15) is 0 Å². The van der Waals surface area contributed by atoms with Gasteiger partial charge in [-0.15, -0.1) is 0 Å². The number of hydrogen-bond donors (Lipinski definition) is 0. The molecule has 0 fully saturated rings.